The molecule has 0 aliphatic carbocycles. The molecule has 0 radical (unpaired) electrons. The van der Waals surface area contributed by atoms with Crippen LogP contribution >= 0.6 is 0 Å². The Labute approximate surface area is 80.1 Å². The van der Waals surface area contributed by atoms with E-state index in [2.05, 4.69) is 25.7 Å². The Hall–Kier alpha value is -1.76. The lowest BCUT2D eigenvalue weighted by Gasteiger charge is -1.86. The van der Waals surface area contributed by atoms with Crippen LogP contribution < -0.4 is 5.32 Å². The lowest BCUT2D eigenvalue weighted by Crippen LogP contribution is -2.06. The van der Waals surface area contributed by atoms with Gasteiger partial charge in [-0.3, -0.25) is 0 Å². The fourth-order valence-corrected chi connectivity index (χ4v) is 1.03. The maximum absolute atomic E-state index is 5.00. The van der Waals surface area contributed by atoms with E-state index in [0.717, 1.165) is 0 Å². The van der Waals surface area contributed by atoms with E-state index >= 15 is 0 Å². The van der Waals surface area contributed by atoms with Crippen molar-refractivity contribution in [2.75, 3.05) is 7.05 Å². The first-order chi connectivity index (χ1) is 6.79. The summed E-state index contributed by atoms with van der Waals surface area (Å²) in [5, 5.41) is 14.6. The van der Waals surface area contributed by atoms with E-state index in [1.165, 1.54) is 4.80 Å². The van der Waals surface area contributed by atoms with Gasteiger partial charge in [0, 0.05) is 7.05 Å². The molecule has 7 heteroatoms. The summed E-state index contributed by atoms with van der Waals surface area (Å²) >= 11 is 0. The van der Waals surface area contributed by atoms with E-state index in [1.807, 2.05) is 7.05 Å². The van der Waals surface area contributed by atoms with Crippen molar-refractivity contribution >= 4 is 0 Å². The zero-order valence-corrected chi connectivity index (χ0v) is 7.93. The molecule has 2 aromatic heterocycles. The third kappa shape index (κ3) is 1.62. The topological polar surface area (TPSA) is 81.7 Å². The molecule has 0 aliphatic heterocycles. The Kier molecular flexibility index (Phi) is 2.23. The standard InChI is InChI=1S/C7H10N6O/c1-8-4-6-10-7(14-12-6)5-3-9-13(2)11-5/h3,8H,4H2,1-2H3. The van der Waals surface area contributed by atoms with E-state index in [9.17, 15) is 0 Å². The number of nitrogens with zero attached hydrogens (tertiary/aromatic N) is 5. The number of hydrogen-bond acceptors (Lipinski definition) is 6. The average molecular weight is 194 g/mol. The van der Waals surface area contributed by atoms with Crippen molar-refractivity contribution < 1.29 is 4.52 Å². The van der Waals surface area contributed by atoms with Gasteiger partial charge < -0.3 is 9.84 Å². The van der Waals surface area contributed by atoms with Crippen LogP contribution in [0.4, 0.5) is 0 Å². The number of aromatic nitrogens is 5. The van der Waals surface area contributed by atoms with Crippen LogP contribution in [0.25, 0.3) is 11.6 Å². The highest BCUT2D eigenvalue weighted by atomic mass is 16.5. The Bertz CT molecular complexity index is 419. The summed E-state index contributed by atoms with van der Waals surface area (Å²) in [4.78, 5) is 5.57. The molecule has 0 amide bonds. The van der Waals surface area contributed by atoms with Crippen molar-refractivity contribution in [2.45, 2.75) is 6.54 Å². The SMILES string of the molecule is CNCc1noc(-c2cnn(C)n2)n1. The fraction of sp³-hybridized carbons (Fsp3) is 0.429. The average Bonchev–Trinajstić information content (AvgIpc) is 2.74. The molecule has 2 heterocycles. The highest BCUT2D eigenvalue weighted by Crippen LogP contribution is 2.11. The summed E-state index contributed by atoms with van der Waals surface area (Å²) in [5.74, 6) is 0.997. The van der Waals surface area contributed by atoms with Crippen LogP contribution in [0.3, 0.4) is 0 Å². The Morgan fingerprint density at radius 1 is 1.57 bits per heavy atom. The second kappa shape index (κ2) is 3.54. The lowest BCUT2D eigenvalue weighted by molar-refractivity contribution is 0.419. The number of aryl methyl sites for hydroxylation is 1. The molecule has 0 aromatic carbocycles. The zero-order chi connectivity index (χ0) is 9.97. The van der Waals surface area contributed by atoms with Crippen molar-refractivity contribution in [2.24, 2.45) is 7.05 Å². The van der Waals surface area contributed by atoms with Crippen LogP contribution in [0.5, 0.6) is 0 Å². The normalized spacial score (nSPS) is 10.7. The third-order valence-electron chi connectivity index (χ3n) is 1.62. The summed E-state index contributed by atoms with van der Waals surface area (Å²) < 4.78 is 5.00. The molecule has 0 atom stereocenters. The van der Waals surface area contributed by atoms with E-state index in [4.69, 9.17) is 4.52 Å². The van der Waals surface area contributed by atoms with Gasteiger partial charge in [0.2, 0.25) is 0 Å². The van der Waals surface area contributed by atoms with E-state index in [0.29, 0.717) is 24.0 Å². The van der Waals surface area contributed by atoms with Gasteiger partial charge in [-0.1, -0.05) is 5.16 Å². The van der Waals surface area contributed by atoms with Crippen LogP contribution in [-0.2, 0) is 13.6 Å². The zero-order valence-electron chi connectivity index (χ0n) is 7.93. The van der Waals surface area contributed by atoms with Gasteiger partial charge in [-0.2, -0.15) is 14.9 Å². The smallest absolute Gasteiger partial charge is 0.280 e. The van der Waals surface area contributed by atoms with Gasteiger partial charge in [0.1, 0.15) is 0 Å². The Morgan fingerprint density at radius 2 is 2.43 bits per heavy atom. The second-order valence-corrected chi connectivity index (χ2v) is 2.77. The molecule has 0 unspecified atom stereocenters. The largest absolute Gasteiger partial charge is 0.332 e. The van der Waals surface area contributed by atoms with Crippen LogP contribution in [-0.4, -0.2) is 32.2 Å². The van der Waals surface area contributed by atoms with Gasteiger partial charge in [-0.05, 0) is 7.05 Å². The van der Waals surface area contributed by atoms with Gasteiger partial charge in [0.25, 0.3) is 5.89 Å². The van der Waals surface area contributed by atoms with Crippen molar-refractivity contribution in [1.29, 1.82) is 0 Å². The Morgan fingerprint density at radius 3 is 3.07 bits per heavy atom. The summed E-state index contributed by atoms with van der Waals surface area (Å²) in [6.45, 7) is 0.573. The first-order valence-corrected chi connectivity index (χ1v) is 4.13. The maximum Gasteiger partial charge on any atom is 0.280 e. The molecule has 0 aliphatic rings. The van der Waals surface area contributed by atoms with Gasteiger partial charge in [0.15, 0.2) is 11.5 Å². The lowest BCUT2D eigenvalue weighted by atomic mass is 10.5. The van der Waals surface area contributed by atoms with Gasteiger partial charge in [-0.25, -0.2) is 0 Å². The molecular weight excluding hydrogens is 184 g/mol. The monoisotopic (exact) mass is 194 g/mol. The van der Waals surface area contributed by atoms with Crippen LogP contribution in [0.15, 0.2) is 10.7 Å². The minimum Gasteiger partial charge on any atom is -0.332 e. The second-order valence-electron chi connectivity index (χ2n) is 2.77. The van der Waals surface area contributed by atoms with Crippen molar-refractivity contribution in [3.8, 4) is 11.6 Å². The van der Waals surface area contributed by atoms with Crippen molar-refractivity contribution in [3.63, 3.8) is 0 Å². The summed E-state index contributed by atoms with van der Waals surface area (Å²) in [6, 6.07) is 0. The Balaban J connectivity index is 2.24. The molecule has 2 rings (SSSR count). The van der Waals surface area contributed by atoms with E-state index in [1.54, 1.807) is 13.2 Å². The number of hydrogen-bond donors (Lipinski definition) is 1. The molecule has 0 fully saturated rings. The summed E-state index contributed by atoms with van der Waals surface area (Å²) in [7, 11) is 3.55. The quantitative estimate of drug-likeness (QED) is 0.715. The molecule has 0 saturated carbocycles. The van der Waals surface area contributed by atoms with Gasteiger partial charge in [-0.15, -0.1) is 5.10 Å². The first kappa shape index (κ1) is 8.82. The summed E-state index contributed by atoms with van der Waals surface area (Å²) in [5.41, 5.74) is 0.586. The molecule has 74 valence electrons. The highest BCUT2D eigenvalue weighted by Gasteiger charge is 2.10. The van der Waals surface area contributed by atoms with E-state index < -0.39 is 0 Å². The molecule has 2 aromatic rings. The minimum atomic E-state index is 0.392. The van der Waals surface area contributed by atoms with E-state index in [-0.39, 0.29) is 0 Å². The molecule has 0 saturated heterocycles. The predicted octanol–water partition coefficient (Wildman–Crippen LogP) is -0.416. The minimum absolute atomic E-state index is 0.392. The number of nitrogens with one attached hydrogen (secondary N) is 1. The fourth-order valence-electron chi connectivity index (χ4n) is 1.03. The van der Waals surface area contributed by atoms with Crippen LogP contribution in [0, 0.1) is 0 Å². The molecule has 14 heavy (non-hydrogen) atoms. The van der Waals surface area contributed by atoms with Gasteiger partial charge in [0.05, 0.1) is 12.7 Å². The molecule has 1 N–H and O–H groups in total. The first-order valence-electron chi connectivity index (χ1n) is 4.13. The summed E-state index contributed by atoms with van der Waals surface area (Å²) in [6.07, 6.45) is 1.58. The molecular formula is C7H10N6O. The molecule has 0 spiro atoms. The van der Waals surface area contributed by atoms with Crippen LogP contribution in [0.1, 0.15) is 5.82 Å². The molecule has 7 nitrogen and oxygen atoms in total. The van der Waals surface area contributed by atoms with Crippen molar-refractivity contribution in [1.82, 2.24) is 30.5 Å². The predicted molar refractivity (Wildman–Crippen MR) is 47.1 cm³/mol. The van der Waals surface area contributed by atoms with Crippen molar-refractivity contribution in [3.05, 3.63) is 12.0 Å². The molecule has 0 bridgehead atoms. The number of rotatable bonds is 3. The van der Waals surface area contributed by atoms with Gasteiger partial charge >= 0.3 is 0 Å². The van der Waals surface area contributed by atoms with Crippen LogP contribution in [0.2, 0.25) is 0 Å². The maximum atomic E-state index is 5.00. The highest BCUT2D eigenvalue weighted by molar-refractivity contribution is 5.42. The third-order valence-corrected chi connectivity index (χ3v) is 1.62.